The minimum Gasteiger partial charge on any atom is -0.406 e. The van der Waals surface area contributed by atoms with Crippen molar-refractivity contribution in [3.63, 3.8) is 0 Å². The van der Waals surface area contributed by atoms with Crippen LogP contribution in [0.2, 0.25) is 5.02 Å². The Bertz CT molecular complexity index is 5780. The van der Waals surface area contributed by atoms with Crippen LogP contribution in [0.1, 0.15) is 232 Å². The molecule has 22 nitrogen and oxygen atoms in total. The van der Waals surface area contributed by atoms with Gasteiger partial charge in [0.15, 0.2) is 0 Å². The molecule has 8 aromatic rings. The molecule has 8 atom stereocenters. The number of halogens is 7. The van der Waals surface area contributed by atoms with Crippen molar-refractivity contribution >= 4 is 81.0 Å². The van der Waals surface area contributed by atoms with Crippen molar-refractivity contribution in [3.05, 3.63) is 199 Å². The molecule has 4 fully saturated rings. The van der Waals surface area contributed by atoms with Crippen LogP contribution >= 0.6 is 11.6 Å². The van der Waals surface area contributed by atoms with Crippen molar-refractivity contribution in [2.24, 2.45) is 21.7 Å². The number of benzene rings is 4. The fourth-order valence-electron chi connectivity index (χ4n) is 18.9. The number of aliphatic hydroxyl groups excluding tert-OH is 4. The minimum absolute atomic E-state index is 0.122. The van der Waals surface area contributed by atoms with Gasteiger partial charge in [0.25, 0.3) is 0 Å². The van der Waals surface area contributed by atoms with Crippen LogP contribution in [0.15, 0.2) is 127 Å². The number of anilines is 8. The molecule has 16 rings (SSSR count). The maximum atomic E-state index is 12.6. The Balaban J connectivity index is 0.000000150. The van der Waals surface area contributed by atoms with E-state index in [1.165, 1.54) is 63.2 Å². The van der Waals surface area contributed by atoms with E-state index in [2.05, 4.69) is 214 Å². The Labute approximate surface area is 775 Å². The number of ether oxygens (including phenoxy) is 2. The third-order valence-corrected chi connectivity index (χ3v) is 26.7. The van der Waals surface area contributed by atoms with Gasteiger partial charge < -0.3 is 72.4 Å². The molecule has 8 aliphatic rings. The zero-order chi connectivity index (χ0) is 94.5. The molecule has 132 heavy (non-hydrogen) atoms. The molecule has 0 spiro atoms. The Morgan fingerprint density at radius 1 is 0.402 bits per heavy atom. The Morgan fingerprint density at radius 2 is 0.735 bits per heavy atom. The van der Waals surface area contributed by atoms with E-state index in [1.54, 1.807) is 36.9 Å². The van der Waals surface area contributed by atoms with Crippen LogP contribution in [0.5, 0.6) is 11.5 Å². The lowest BCUT2D eigenvalue weighted by atomic mass is 9.73. The van der Waals surface area contributed by atoms with Gasteiger partial charge in [-0.3, -0.25) is 0 Å². The standard InChI is InChI=1S/2C26H29F3N4O2.C26H32N4O.C25H29ClN4O/c1-4-16-15-31-24(33-23(16)32-19-7-10-22(34)25(2,3)14-19)30-12-11-17-5-6-18-13-20(8-9-21(17)18)35-26(27,28)29;1-4-16-15-31-24(33-23(16)32-19-8-10-22(34)25(2,3)14-19)30-12-11-18-6-5-17-7-9-20(13-21(17)18)35-26(27,28)29;1-5-18-16-28-25(30-24(18)29-20-10-11-23(31)26(3,4)15-20)27-13-12-21-17(2)14-19-8-6-7-9-22(19)21;1-4-16-15-28-24(30-23(16)29-20-9-10-22(31)25(2,3)14-20)27-12-11-18-6-5-17-7-8-19(26)13-21(17)18/h1,5,8-9,13,15,19,22,34H,6-7,10-12,14H2,2-3H3,(H2,30,31,32,33);1,6-7,9,13,15,19,22,34H,5,8,10-12,14H2,2-3H3,(H2,30,31,32,33);1,6-9,16,20,23,31H,10-15H2,2-4H3,(H2,27,28,29,30);1,6-8,13,15,20,22,31H,5,9-12,14H2,2-3H3,(H2,27,28,29,30)/t2*19-,22+;20-,23+;20-,22+/m1111/s1. The van der Waals surface area contributed by atoms with Crippen molar-refractivity contribution in [3.8, 4) is 60.9 Å². The smallest absolute Gasteiger partial charge is 0.406 e. The summed E-state index contributed by atoms with van der Waals surface area (Å²) >= 11 is 6.17. The number of fused-ring (bicyclic) bond motifs is 4. The van der Waals surface area contributed by atoms with E-state index in [1.807, 2.05) is 24.3 Å². The van der Waals surface area contributed by atoms with Crippen molar-refractivity contribution in [2.75, 3.05) is 68.7 Å². The van der Waals surface area contributed by atoms with E-state index in [-0.39, 0.29) is 81.7 Å². The number of allylic oxidation sites excluding steroid dienone is 4. The highest BCUT2D eigenvalue weighted by Crippen LogP contribution is 2.44. The van der Waals surface area contributed by atoms with Crippen molar-refractivity contribution in [1.82, 2.24) is 39.9 Å². The third kappa shape index (κ3) is 25.7. The molecule has 0 aliphatic heterocycles. The SMILES string of the molecule is C#Cc1cnc(NCCC2=C(C)Cc3ccccc32)nc1N[C@@H]1CC[C@H](O)C(C)(C)C1.C#Cc1cnc(NCCC2=CCc3cc(OC(F)(F)F)ccc32)nc1N[C@@H]1CC[C@H](O)C(C)(C)C1.C#Cc1cnc(NCCC2=CCc3ccc(Cl)cc32)nc1N[C@@H]1CC[C@H](O)C(C)(C)C1.C#Cc1cnc(NCCC2=CCc3ccc(OC(F)(F)F)cc32)nc1N[C@@H]1CC[C@H](O)C(C)(C)C1. The molecule has 0 saturated heterocycles. The van der Waals surface area contributed by atoms with E-state index < -0.39 is 12.7 Å². The number of nitrogens with zero attached hydrogens (tertiary/aromatic N) is 8. The molecule has 4 heterocycles. The second kappa shape index (κ2) is 42.3. The quantitative estimate of drug-likeness (QED) is 0.0177. The lowest BCUT2D eigenvalue weighted by Gasteiger charge is -2.40. The lowest BCUT2D eigenvalue weighted by Crippen LogP contribution is -2.41. The summed E-state index contributed by atoms with van der Waals surface area (Å²) in [5.41, 5.74) is 16.8. The molecule has 0 unspecified atom stereocenters. The molecular formula is C103H119ClF6N16O6. The number of alkyl halides is 6. The van der Waals surface area contributed by atoms with Gasteiger partial charge >= 0.3 is 12.7 Å². The molecule has 0 amide bonds. The first-order chi connectivity index (χ1) is 62.8. The van der Waals surface area contributed by atoms with Gasteiger partial charge in [-0.1, -0.05) is 157 Å². The second-order valence-corrected chi connectivity index (χ2v) is 38.5. The monoisotopic (exact) mass is 1820 g/mol. The Hall–Kier alpha value is -11.9. The largest absolute Gasteiger partial charge is 0.573 e. The van der Waals surface area contributed by atoms with Gasteiger partial charge in [0.2, 0.25) is 23.8 Å². The number of rotatable bonds is 26. The number of aliphatic hydroxyl groups is 4. The normalized spacial score (nSPS) is 21.4. The van der Waals surface area contributed by atoms with E-state index >= 15 is 0 Å². The van der Waals surface area contributed by atoms with Crippen LogP contribution in [0.25, 0.3) is 22.3 Å². The van der Waals surface area contributed by atoms with Gasteiger partial charge in [0.05, 0.1) is 71.5 Å². The molecule has 29 heteroatoms. The van der Waals surface area contributed by atoms with Gasteiger partial charge in [-0.25, -0.2) is 19.9 Å². The topological polar surface area (TPSA) is 299 Å². The van der Waals surface area contributed by atoms with Gasteiger partial charge in [0.1, 0.15) is 34.8 Å². The first-order valence-corrected chi connectivity index (χ1v) is 45.7. The molecule has 4 aromatic heterocycles. The number of hydrogen-bond acceptors (Lipinski definition) is 22. The summed E-state index contributed by atoms with van der Waals surface area (Å²) in [4.78, 5) is 35.9. The van der Waals surface area contributed by atoms with Crippen LogP contribution in [-0.2, 0) is 25.7 Å². The van der Waals surface area contributed by atoms with Crippen LogP contribution in [0.3, 0.4) is 0 Å². The molecule has 4 aromatic carbocycles. The van der Waals surface area contributed by atoms with Crippen molar-refractivity contribution in [2.45, 2.75) is 252 Å². The average molecular weight is 1830 g/mol. The van der Waals surface area contributed by atoms with E-state index in [0.29, 0.717) is 121 Å². The van der Waals surface area contributed by atoms with E-state index in [9.17, 15) is 46.8 Å². The summed E-state index contributed by atoms with van der Waals surface area (Å²) in [6.45, 7) is 21.4. The Morgan fingerprint density at radius 3 is 1.11 bits per heavy atom. The maximum absolute atomic E-state index is 12.6. The summed E-state index contributed by atoms with van der Waals surface area (Å²) in [5.74, 6) is 14.7. The summed E-state index contributed by atoms with van der Waals surface area (Å²) in [5, 5.41) is 68.6. The fraction of sp³-hybridized carbons (Fsp3) is 0.456. The summed E-state index contributed by atoms with van der Waals surface area (Å²) in [7, 11) is 0. The number of nitrogens with one attached hydrogen (secondary N) is 8. The van der Waals surface area contributed by atoms with Crippen LogP contribution < -0.4 is 52.0 Å². The first kappa shape index (κ1) is 97.6. The van der Waals surface area contributed by atoms with Crippen molar-refractivity contribution in [1.29, 1.82) is 0 Å². The third-order valence-electron chi connectivity index (χ3n) is 26.4. The van der Waals surface area contributed by atoms with E-state index in [0.717, 1.165) is 141 Å². The Kier molecular flexibility index (Phi) is 31.3. The molecule has 8 aliphatic carbocycles. The van der Waals surface area contributed by atoms with Crippen molar-refractivity contribution < 1.29 is 56.2 Å². The number of aromatic nitrogens is 8. The highest BCUT2D eigenvalue weighted by molar-refractivity contribution is 6.30. The van der Waals surface area contributed by atoms with Gasteiger partial charge in [0, 0.05) is 55.4 Å². The van der Waals surface area contributed by atoms with Gasteiger partial charge in [-0.15, -0.1) is 52.0 Å². The fourth-order valence-corrected chi connectivity index (χ4v) is 19.1. The highest BCUT2D eigenvalue weighted by Gasteiger charge is 2.41. The molecule has 12 N–H and O–H groups in total. The zero-order valence-corrected chi connectivity index (χ0v) is 77.0. The molecule has 4 saturated carbocycles. The highest BCUT2D eigenvalue weighted by atomic mass is 35.5. The zero-order valence-electron chi connectivity index (χ0n) is 76.3. The second-order valence-electron chi connectivity index (χ2n) is 38.0. The lowest BCUT2D eigenvalue weighted by molar-refractivity contribution is -0.275. The van der Waals surface area contributed by atoms with Crippen LogP contribution in [0, 0.1) is 71.0 Å². The molecule has 696 valence electrons. The molecule has 0 radical (unpaired) electrons. The first-order valence-electron chi connectivity index (χ1n) is 45.3. The summed E-state index contributed by atoms with van der Waals surface area (Å²) in [6, 6.07) is 24.3. The summed E-state index contributed by atoms with van der Waals surface area (Å²) in [6.07, 6.45) is 40.9. The minimum atomic E-state index is -4.72. The van der Waals surface area contributed by atoms with Gasteiger partial charge in [-0.05, 0) is 260 Å². The average Bonchev–Trinajstić information content (AvgIpc) is 1.46. The van der Waals surface area contributed by atoms with E-state index in [4.69, 9.17) is 37.3 Å². The summed E-state index contributed by atoms with van der Waals surface area (Å²) < 4.78 is 83.2. The predicted molar refractivity (Wildman–Crippen MR) is 512 cm³/mol. The van der Waals surface area contributed by atoms with Gasteiger partial charge in [-0.2, -0.15) is 19.9 Å². The molecular weight excluding hydrogens is 1710 g/mol. The van der Waals surface area contributed by atoms with Crippen LogP contribution in [-0.4, -0.2) is 148 Å². The molecule has 0 bridgehead atoms. The number of terminal acetylenes is 4. The maximum Gasteiger partial charge on any atom is 0.573 e. The number of hydrogen-bond donors (Lipinski definition) is 12. The predicted octanol–water partition coefficient (Wildman–Crippen LogP) is 19.8. The van der Waals surface area contributed by atoms with Crippen LogP contribution in [0.4, 0.5) is 73.4 Å².